The highest BCUT2D eigenvalue weighted by Gasteiger charge is 2.23. The Morgan fingerprint density at radius 2 is 1.76 bits per heavy atom. The van der Waals surface area contributed by atoms with Crippen LogP contribution in [0.3, 0.4) is 0 Å². The van der Waals surface area contributed by atoms with Gasteiger partial charge in [0.25, 0.3) is 5.91 Å². The second-order valence-corrected chi connectivity index (χ2v) is 6.76. The van der Waals surface area contributed by atoms with Crippen molar-refractivity contribution in [2.75, 3.05) is 13.2 Å². The largest absolute Gasteiger partial charge is 0.484 e. The molecule has 0 spiro atoms. The normalized spacial score (nSPS) is 11.4. The van der Waals surface area contributed by atoms with Crippen LogP contribution in [-0.4, -0.2) is 31.1 Å². The Kier molecular flexibility index (Phi) is 8.30. The molecule has 0 bridgehead atoms. The van der Waals surface area contributed by atoms with Gasteiger partial charge in [-0.25, -0.2) is 4.79 Å². The third kappa shape index (κ3) is 7.29. The van der Waals surface area contributed by atoms with E-state index in [0.29, 0.717) is 15.6 Å². The summed E-state index contributed by atoms with van der Waals surface area (Å²) in [7, 11) is 0. The van der Waals surface area contributed by atoms with E-state index in [-0.39, 0.29) is 30.9 Å². The number of esters is 2. The molecule has 2 rings (SSSR count). The number of carbonyl (C=O) groups is 3. The lowest BCUT2D eigenvalue weighted by Crippen LogP contribution is -2.20. The average molecular weight is 440 g/mol. The first-order valence-electron chi connectivity index (χ1n) is 8.62. The van der Waals surface area contributed by atoms with E-state index in [0.717, 1.165) is 0 Å². The molecule has 2 N–H and O–H groups in total. The van der Waals surface area contributed by atoms with Gasteiger partial charge in [0.15, 0.2) is 6.61 Å². The molecule has 0 aliphatic carbocycles. The number of nitrogens with two attached hydrogens (primary N) is 1. The number of carbonyl (C=O) groups excluding carboxylic acids is 3. The number of ether oxygens (including phenoxy) is 3. The molecule has 29 heavy (non-hydrogen) atoms. The van der Waals surface area contributed by atoms with Gasteiger partial charge in [-0.15, -0.1) is 0 Å². The summed E-state index contributed by atoms with van der Waals surface area (Å²) in [5.74, 6) is -1.63. The van der Waals surface area contributed by atoms with Crippen LogP contribution in [0.4, 0.5) is 0 Å². The summed E-state index contributed by atoms with van der Waals surface area (Å²) < 4.78 is 15.7. The maximum absolute atomic E-state index is 12.6. The van der Waals surface area contributed by atoms with Crippen molar-refractivity contribution >= 4 is 41.0 Å². The van der Waals surface area contributed by atoms with Gasteiger partial charge in [0, 0.05) is 10.0 Å². The molecular formula is C20H19Cl2NO6. The van der Waals surface area contributed by atoms with E-state index in [1.54, 1.807) is 31.2 Å². The van der Waals surface area contributed by atoms with Crippen molar-refractivity contribution in [1.82, 2.24) is 0 Å². The zero-order chi connectivity index (χ0) is 21.4. The van der Waals surface area contributed by atoms with Crippen LogP contribution in [0.25, 0.3) is 0 Å². The number of benzene rings is 2. The van der Waals surface area contributed by atoms with Crippen molar-refractivity contribution in [3.8, 4) is 5.75 Å². The summed E-state index contributed by atoms with van der Waals surface area (Å²) >= 11 is 12.1. The molecule has 0 heterocycles. The third-order valence-corrected chi connectivity index (χ3v) is 4.05. The van der Waals surface area contributed by atoms with Crippen molar-refractivity contribution in [1.29, 1.82) is 0 Å². The maximum atomic E-state index is 12.6. The van der Waals surface area contributed by atoms with Gasteiger partial charge < -0.3 is 19.9 Å². The second-order valence-electron chi connectivity index (χ2n) is 5.89. The summed E-state index contributed by atoms with van der Waals surface area (Å²) in [6.45, 7) is 1.53. The monoisotopic (exact) mass is 439 g/mol. The van der Waals surface area contributed by atoms with Gasteiger partial charge in [0.1, 0.15) is 11.9 Å². The Bertz CT molecular complexity index is 882. The summed E-state index contributed by atoms with van der Waals surface area (Å²) in [5.41, 5.74) is 5.65. The van der Waals surface area contributed by atoms with E-state index in [1.807, 2.05) is 0 Å². The molecule has 0 saturated heterocycles. The van der Waals surface area contributed by atoms with Crippen molar-refractivity contribution in [2.24, 2.45) is 5.73 Å². The second kappa shape index (κ2) is 10.7. The van der Waals surface area contributed by atoms with Crippen molar-refractivity contribution in [3.63, 3.8) is 0 Å². The standard InChI is InChI=1S/C20H19Cl2NO6/c1-2-27-19(25)10-17(13-6-14(21)9-15(22)7-13)29-20(26)12-4-3-5-16(8-12)28-11-18(23)24/h3-9,17H,2,10-11H2,1H3,(H2,23,24)/t17-/m1/s1. The van der Waals surface area contributed by atoms with E-state index in [1.165, 1.54) is 18.2 Å². The molecule has 1 amide bonds. The lowest BCUT2D eigenvalue weighted by molar-refractivity contribution is -0.145. The molecule has 0 saturated carbocycles. The van der Waals surface area contributed by atoms with Gasteiger partial charge in [-0.3, -0.25) is 9.59 Å². The quantitative estimate of drug-likeness (QED) is 0.596. The number of amides is 1. The predicted octanol–water partition coefficient (Wildman–Crippen LogP) is 3.71. The van der Waals surface area contributed by atoms with E-state index in [2.05, 4.69) is 0 Å². The van der Waals surface area contributed by atoms with Crippen LogP contribution >= 0.6 is 23.2 Å². The highest BCUT2D eigenvalue weighted by molar-refractivity contribution is 6.34. The first-order valence-corrected chi connectivity index (χ1v) is 9.37. The maximum Gasteiger partial charge on any atom is 0.338 e. The highest BCUT2D eigenvalue weighted by atomic mass is 35.5. The van der Waals surface area contributed by atoms with Crippen molar-refractivity contribution < 1.29 is 28.6 Å². The fourth-order valence-electron chi connectivity index (χ4n) is 2.42. The average Bonchev–Trinajstić information content (AvgIpc) is 2.65. The third-order valence-electron chi connectivity index (χ3n) is 3.61. The topological polar surface area (TPSA) is 105 Å². The minimum absolute atomic E-state index is 0.161. The van der Waals surface area contributed by atoms with Gasteiger partial charge in [-0.05, 0) is 48.9 Å². The molecule has 2 aromatic carbocycles. The first kappa shape index (κ1) is 22.5. The molecular weight excluding hydrogens is 421 g/mol. The Morgan fingerprint density at radius 3 is 2.38 bits per heavy atom. The number of rotatable bonds is 9. The summed E-state index contributed by atoms with van der Waals surface area (Å²) in [4.78, 5) is 35.5. The van der Waals surface area contributed by atoms with Crippen LogP contribution in [0.1, 0.15) is 35.4 Å². The fraction of sp³-hybridized carbons (Fsp3) is 0.250. The molecule has 0 unspecified atom stereocenters. The Balaban J connectivity index is 2.23. The lowest BCUT2D eigenvalue weighted by atomic mass is 10.1. The highest BCUT2D eigenvalue weighted by Crippen LogP contribution is 2.29. The SMILES string of the molecule is CCOC(=O)C[C@@H](OC(=O)c1cccc(OCC(N)=O)c1)c1cc(Cl)cc(Cl)c1. The molecule has 0 radical (unpaired) electrons. The zero-order valence-corrected chi connectivity index (χ0v) is 17.0. The van der Waals surface area contributed by atoms with E-state index in [9.17, 15) is 14.4 Å². The number of hydrogen-bond acceptors (Lipinski definition) is 6. The molecule has 9 heteroatoms. The number of hydrogen-bond donors (Lipinski definition) is 1. The fourth-order valence-corrected chi connectivity index (χ4v) is 2.97. The van der Waals surface area contributed by atoms with Crippen LogP contribution in [0.15, 0.2) is 42.5 Å². The van der Waals surface area contributed by atoms with Gasteiger partial charge in [0.2, 0.25) is 0 Å². The molecule has 2 aromatic rings. The van der Waals surface area contributed by atoms with Crippen LogP contribution in [0.5, 0.6) is 5.75 Å². The van der Waals surface area contributed by atoms with E-state index >= 15 is 0 Å². The van der Waals surface area contributed by atoms with Crippen molar-refractivity contribution in [3.05, 3.63) is 63.6 Å². The molecule has 154 valence electrons. The van der Waals surface area contributed by atoms with E-state index < -0.39 is 23.9 Å². The van der Waals surface area contributed by atoms with Crippen molar-refractivity contribution in [2.45, 2.75) is 19.4 Å². The zero-order valence-electron chi connectivity index (χ0n) is 15.5. The minimum Gasteiger partial charge on any atom is -0.484 e. The van der Waals surface area contributed by atoms with Gasteiger partial charge in [-0.2, -0.15) is 0 Å². The Labute approximate surface area is 177 Å². The first-order chi connectivity index (χ1) is 13.8. The number of primary amides is 1. The van der Waals surface area contributed by atoms with Crippen LogP contribution in [0, 0.1) is 0 Å². The lowest BCUT2D eigenvalue weighted by Gasteiger charge is -2.18. The molecule has 0 fully saturated rings. The summed E-state index contributed by atoms with van der Waals surface area (Å²) in [5, 5.41) is 0.665. The van der Waals surface area contributed by atoms with E-state index in [4.69, 9.17) is 43.1 Å². The molecule has 1 atom stereocenters. The molecule has 0 aliphatic rings. The summed E-state index contributed by atoms with van der Waals surface area (Å²) in [6.07, 6.45) is -1.18. The smallest absolute Gasteiger partial charge is 0.338 e. The van der Waals surface area contributed by atoms with Gasteiger partial charge in [-0.1, -0.05) is 29.3 Å². The number of halogens is 2. The molecule has 7 nitrogen and oxygen atoms in total. The molecule has 0 aromatic heterocycles. The van der Waals surface area contributed by atoms with Gasteiger partial charge in [0.05, 0.1) is 18.6 Å². The van der Waals surface area contributed by atoms with Crippen LogP contribution in [-0.2, 0) is 19.1 Å². The van der Waals surface area contributed by atoms with Crippen LogP contribution < -0.4 is 10.5 Å². The summed E-state index contributed by atoms with van der Waals surface area (Å²) in [6, 6.07) is 10.7. The molecule has 0 aliphatic heterocycles. The Hall–Kier alpha value is -2.77. The van der Waals surface area contributed by atoms with Crippen LogP contribution in [0.2, 0.25) is 10.0 Å². The van der Waals surface area contributed by atoms with Gasteiger partial charge >= 0.3 is 11.9 Å². The predicted molar refractivity (Wildman–Crippen MR) is 107 cm³/mol. The minimum atomic E-state index is -0.965. The Morgan fingerprint density at radius 1 is 1.07 bits per heavy atom.